The van der Waals surface area contributed by atoms with Gasteiger partial charge in [0.1, 0.15) is 0 Å². The maximum Gasteiger partial charge on any atom is 0.251 e. The maximum atomic E-state index is 12.0. The number of aromatic nitrogens is 2. The first-order valence-electron chi connectivity index (χ1n) is 8.12. The zero-order valence-electron chi connectivity index (χ0n) is 14.1. The molecule has 0 saturated carbocycles. The molecule has 0 aliphatic rings. The van der Waals surface area contributed by atoms with Crippen LogP contribution in [0.5, 0.6) is 0 Å². The van der Waals surface area contributed by atoms with Gasteiger partial charge in [-0.3, -0.25) is 9.78 Å². The van der Waals surface area contributed by atoms with E-state index in [-0.39, 0.29) is 0 Å². The molecule has 2 aromatic heterocycles. The fourth-order valence-corrected chi connectivity index (χ4v) is 3.02. The highest BCUT2D eigenvalue weighted by Gasteiger charge is 2.24. The Morgan fingerprint density at radius 1 is 1.35 bits per heavy atom. The van der Waals surface area contributed by atoms with Gasteiger partial charge in [0.15, 0.2) is 0 Å². The van der Waals surface area contributed by atoms with Crippen LogP contribution >= 0.6 is 0 Å². The number of pyridine rings is 1. The number of primary amides is 1. The average Bonchev–Trinajstić information content (AvgIpc) is 2.84. The second-order valence-electron chi connectivity index (χ2n) is 5.42. The van der Waals surface area contributed by atoms with E-state index in [4.69, 9.17) is 10.5 Å². The summed E-state index contributed by atoms with van der Waals surface area (Å²) in [6.45, 7) is 8.27. The van der Waals surface area contributed by atoms with Crippen molar-refractivity contribution in [2.24, 2.45) is 5.73 Å². The van der Waals surface area contributed by atoms with Crippen molar-refractivity contribution in [1.82, 2.24) is 9.55 Å². The van der Waals surface area contributed by atoms with Crippen LogP contribution in [0.15, 0.2) is 24.4 Å². The number of rotatable bonds is 8. The topological polar surface area (TPSA) is 70.1 Å². The van der Waals surface area contributed by atoms with Crippen LogP contribution in [0.3, 0.4) is 0 Å². The van der Waals surface area contributed by atoms with Gasteiger partial charge < -0.3 is 15.0 Å². The first-order chi connectivity index (χ1) is 11.1. The Morgan fingerprint density at radius 3 is 2.70 bits per heavy atom. The van der Waals surface area contributed by atoms with Gasteiger partial charge in [0, 0.05) is 42.9 Å². The third kappa shape index (κ3) is 3.62. The lowest BCUT2D eigenvalue weighted by molar-refractivity contribution is 0.1000. The predicted molar refractivity (Wildman–Crippen MR) is 91.4 cm³/mol. The van der Waals surface area contributed by atoms with Crippen molar-refractivity contribution in [3.05, 3.63) is 41.3 Å². The molecule has 23 heavy (non-hydrogen) atoms. The van der Waals surface area contributed by atoms with Crippen molar-refractivity contribution >= 4 is 5.91 Å². The Hall–Kier alpha value is -2.14. The lowest BCUT2D eigenvalue weighted by Crippen LogP contribution is -2.14. The van der Waals surface area contributed by atoms with Crippen molar-refractivity contribution < 1.29 is 9.53 Å². The molecule has 0 aliphatic carbocycles. The molecule has 0 spiro atoms. The van der Waals surface area contributed by atoms with E-state index in [1.165, 1.54) is 0 Å². The smallest absolute Gasteiger partial charge is 0.251 e. The summed E-state index contributed by atoms with van der Waals surface area (Å²) in [6, 6.07) is 5.71. The quantitative estimate of drug-likeness (QED) is 0.761. The van der Waals surface area contributed by atoms with Crippen LogP contribution in [0, 0.1) is 6.92 Å². The number of nitrogens with two attached hydrogens (primary N) is 1. The highest BCUT2D eigenvalue weighted by molar-refractivity contribution is 6.01. The molecule has 5 heteroatoms. The molecule has 0 bridgehead atoms. The van der Waals surface area contributed by atoms with Gasteiger partial charge in [0.2, 0.25) is 0 Å². The summed E-state index contributed by atoms with van der Waals surface area (Å²) in [6.07, 6.45) is 3.45. The van der Waals surface area contributed by atoms with Crippen LogP contribution in [0.1, 0.15) is 42.0 Å². The van der Waals surface area contributed by atoms with Gasteiger partial charge in [-0.25, -0.2) is 0 Å². The minimum absolute atomic E-state index is 0.401. The van der Waals surface area contributed by atoms with E-state index in [0.29, 0.717) is 12.2 Å². The van der Waals surface area contributed by atoms with Crippen LogP contribution < -0.4 is 5.73 Å². The van der Waals surface area contributed by atoms with Crippen molar-refractivity contribution in [3.8, 4) is 11.3 Å². The van der Waals surface area contributed by atoms with E-state index in [1.807, 2.05) is 32.0 Å². The molecule has 0 saturated heterocycles. The first-order valence-corrected chi connectivity index (χ1v) is 8.12. The van der Waals surface area contributed by atoms with Gasteiger partial charge in [0.05, 0.1) is 11.3 Å². The number of carbonyl (C=O) groups is 1. The number of amides is 1. The van der Waals surface area contributed by atoms with Crippen LogP contribution in [0.4, 0.5) is 0 Å². The zero-order chi connectivity index (χ0) is 16.8. The lowest BCUT2D eigenvalue weighted by Gasteiger charge is -2.11. The number of carbonyl (C=O) groups excluding carboxylic acids is 1. The van der Waals surface area contributed by atoms with E-state index >= 15 is 0 Å². The molecule has 0 aromatic carbocycles. The molecule has 0 aliphatic heterocycles. The Labute approximate surface area is 137 Å². The first kappa shape index (κ1) is 17.2. The maximum absolute atomic E-state index is 12.0. The predicted octanol–water partition coefficient (Wildman–Crippen LogP) is 2.95. The average molecular weight is 315 g/mol. The van der Waals surface area contributed by atoms with Gasteiger partial charge in [-0.15, -0.1) is 0 Å². The number of ether oxygens (including phenoxy) is 1. The summed E-state index contributed by atoms with van der Waals surface area (Å²) in [7, 11) is 0. The van der Waals surface area contributed by atoms with Crippen LogP contribution in [0.2, 0.25) is 0 Å². The molecule has 2 rings (SSSR count). The summed E-state index contributed by atoms with van der Waals surface area (Å²) in [5.41, 5.74) is 9.92. The van der Waals surface area contributed by atoms with Crippen molar-refractivity contribution in [3.63, 3.8) is 0 Å². The second kappa shape index (κ2) is 7.92. The van der Waals surface area contributed by atoms with Gasteiger partial charge in [-0.1, -0.05) is 13.0 Å². The van der Waals surface area contributed by atoms with Gasteiger partial charge >= 0.3 is 0 Å². The van der Waals surface area contributed by atoms with Crippen LogP contribution in [-0.4, -0.2) is 28.7 Å². The summed E-state index contributed by atoms with van der Waals surface area (Å²) >= 11 is 0. The highest BCUT2D eigenvalue weighted by atomic mass is 16.5. The van der Waals surface area contributed by atoms with E-state index in [0.717, 1.165) is 48.6 Å². The van der Waals surface area contributed by atoms with E-state index < -0.39 is 5.91 Å². The van der Waals surface area contributed by atoms with Gasteiger partial charge in [0.25, 0.3) is 5.91 Å². The van der Waals surface area contributed by atoms with Crippen LogP contribution in [0.25, 0.3) is 11.3 Å². The Balaban J connectivity index is 2.49. The Kier molecular flexibility index (Phi) is 5.93. The summed E-state index contributed by atoms with van der Waals surface area (Å²) in [4.78, 5) is 16.4. The van der Waals surface area contributed by atoms with Gasteiger partial charge in [-0.2, -0.15) is 0 Å². The molecule has 0 radical (unpaired) electrons. The van der Waals surface area contributed by atoms with Crippen LogP contribution in [-0.2, 0) is 17.7 Å². The highest BCUT2D eigenvalue weighted by Crippen LogP contribution is 2.32. The van der Waals surface area contributed by atoms with Crippen molar-refractivity contribution in [2.75, 3.05) is 13.2 Å². The van der Waals surface area contributed by atoms with Crippen molar-refractivity contribution in [2.45, 2.75) is 40.2 Å². The summed E-state index contributed by atoms with van der Waals surface area (Å²) in [5.74, 6) is -0.401. The van der Waals surface area contributed by atoms with Gasteiger partial charge in [-0.05, 0) is 38.8 Å². The molecular formula is C18H25N3O2. The molecule has 2 heterocycles. The number of hydrogen-bond donors (Lipinski definition) is 1. The lowest BCUT2D eigenvalue weighted by atomic mass is 10.0. The fraction of sp³-hybridized carbons (Fsp3) is 0.444. The molecule has 0 unspecified atom stereocenters. The number of hydrogen-bond acceptors (Lipinski definition) is 3. The fourth-order valence-electron chi connectivity index (χ4n) is 3.02. The Morgan fingerprint density at radius 2 is 2.13 bits per heavy atom. The third-order valence-corrected chi connectivity index (χ3v) is 4.01. The third-order valence-electron chi connectivity index (χ3n) is 4.01. The molecule has 0 fully saturated rings. The molecular weight excluding hydrogens is 290 g/mol. The molecule has 1 amide bonds. The zero-order valence-corrected chi connectivity index (χ0v) is 14.1. The molecule has 5 nitrogen and oxygen atoms in total. The summed E-state index contributed by atoms with van der Waals surface area (Å²) in [5, 5.41) is 0. The minimum atomic E-state index is -0.401. The number of nitrogens with zero attached hydrogens (tertiary/aromatic N) is 2. The normalized spacial score (nSPS) is 10.9. The standard InChI is InChI=1S/C18H25N3O2/c1-4-15-17(14-9-6-7-10-20-14)16(18(19)22)13(3)21(15)11-8-12-23-5-2/h6-7,9-10H,4-5,8,11-12H2,1-3H3,(H2,19,22). The largest absolute Gasteiger partial charge is 0.382 e. The molecule has 2 aromatic rings. The minimum Gasteiger partial charge on any atom is -0.382 e. The molecule has 2 N–H and O–H groups in total. The van der Waals surface area contributed by atoms with E-state index in [1.54, 1.807) is 6.20 Å². The second-order valence-corrected chi connectivity index (χ2v) is 5.42. The molecule has 0 atom stereocenters. The molecule has 124 valence electrons. The van der Waals surface area contributed by atoms with Crippen molar-refractivity contribution in [1.29, 1.82) is 0 Å². The summed E-state index contributed by atoms with van der Waals surface area (Å²) < 4.78 is 7.60. The Bertz CT molecular complexity index is 663. The van der Waals surface area contributed by atoms with E-state index in [2.05, 4.69) is 16.5 Å². The van der Waals surface area contributed by atoms with E-state index in [9.17, 15) is 4.79 Å². The monoisotopic (exact) mass is 315 g/mol. The SMILES string of the molecule is CCOCCCn1c(C)c(C(N)=O)c(-c2ccccn2)c1CC.